The van der Waals surface area contributed by atoms with E-state index in [1.807, 2.05) is 11.6 Å². The van der Waals surface area contributed by atoms with Crippen molar-refractivity contribution in [3.05, 3.63) is 52.0 Å². The predicted octanol–water partition coefficient (Wildman–Crippen LogP) is 4.25. The Morgan fingerprint density at radius 3 is 2.48 bits per heavy atom. The third kappa shape index (κ3) is 2.26. The van der Waals surface area contributed by atoms with E-state index < -0.39 is 5.97 Å². The molecule has 0 saturated heterocycles. The lowest BCUT2D eigenvalue weighted by molar-refractivity contribution is 0.0697. The summed E-state index contributed by atoms with van der Waals surface area (Å²) in [5.74, 6) is -0.386. The summed E-state index contributed by atoms with van der Waals surface area (Å²) in [4.78, 5) is 15.5. The Kier molecular flexibility index (Phi) is 3.35. The van der Waals surface area contributed by atoms with Gasteiger partial charge in [-0.15, -0.1) is 0 Å². The number of benzene rings is 2. The van der Waals surface area contributed by atoms with Crippen molar-refractivity contribution in [2.45, 2.75) is 0 Å². The molecule has 0 amide bonds. The van der Waals surface area contributed by atoms with Crippen molar-refractivity contribution in [2.24, 2.45) is 7.05 Å². The number of imidazole rings is 1. The van der Waals surface area contributed by atoms with Gasteiger partial charge in [0.15, 0.2) is 0 Å². The maximum Gasteiger partial charge on any atom is 0.335 e. The molecule has 0 aliphatic rings. The molecule has 2 aromatic carbocycles. The number of hydrogen-bond acceptors (Lipinski definition) is 2. The van der Waals surface area contributed by atoms with Gasteiger partial charge in [0.2, 0.25) is 0 Å². The number of carbonyl (C=O) groups is 1. The monoisotopic (exact) mass is 320 g/mol. The third-order valence-corrected chi connectivity index (χ3v) is 3.94. The second kappa shape index (κ2) is 5.06. The minimum Gasteiger partial charge on any atom is -0.478 e. The number of carboxylic acids is 1. The van der Waals surface area contributed by atoms with E-state index in [2.05, 4.69) is 4.98 Å². The summed E-state index contributed by atoms with van der Waals surface area (Å²) in [6.45, 7) is 0. The van der Waals surface area contributed by atoms with E-state index in [4.69, 9.17) is 28.3 Å². The maximum absolute atomic E-state index is 11.0. The summed E-state index contributed by atoms with van der Waals surface area (Å²) in [6.07, 6.45) is 0. The fourth-order valence-electron chi connectivity index (χ4n) is 2.27. The molecule has 0 aliphatic carbocycles. The molecule has 1 aromatic heterocycles. The largest absolute Gasteiger partial charge is 0.478 e. The van der Waals surface area contributed by atoms with Gasteiger partial charge in [-0.1, -0.05) is 29.3 Å². The first-order valence-electron chi connectivity index (χ1n) is 6.13. The molecule has 3 aromatic rings. The summed E-state index contributed by atoms with van der Waals surface area (Å²) >= 11 is 12.4. The molecule has 3 rings (SSSR count). The zero-order valence-electron chi connectivity index (χ0n) is 11.0. The third-order valence-electron chi connectivity index (χ3n) is 3.31. The molecule has 106 valence electrons. The first kappa shape index (κ1) is 13.9. The lowest BCUT2D eigenvalue weighted by Crippen LogP contribution is -1.96. The molecule has 0 unspecified atom stereocenters. The second-order valence-corrected chi connectivity index (χ2v) is 5.41. The van der Waals surface area contributed by atoms with Crippen LogP contribution in [0.4, 0.5) is 0 Å². The van der Waals surface area contributed by atoms with Crippen LogP contribution in [0.5, 0.6) is 0 Å². The maximum atomic E-state index is 11.0. The van der Waals surface area contributed by atoms with Gasteiger partial charge >= 0.3 is 5.97 Å². The van der Waals surface area contributed by atoms with Gasteiger partial charge in [0, 0.05) is 7.05 Å². The summed E-state index contributed by atoms with van der Waals surface area (Å²) < 4.78 is 1.84. The fraction of sp³-hybridized carbons (Fsp3) is 0.0667. The van der Waals surface area contributed by atoms with Gasteiger partial charge in [-0.3, -0.25) is 0 Å². The van der Waals surface area contributed by atoms with Crippen LogP contribution in [0.1, 0.15) is 10.4 Å². The summed E-state index contributed by atoms with van der Waals surface area (Å²) in [6, 6.07) is 10.0. The number of carboxylic acid groups (broad SMARTS) is 1. The van der Waals surface area contributed by atoms with Crippen LogP contribution in [0.2, 0.25) is 10.0 Å². The van der Waals surface area contributed by atoms with Crippen molar-refractivity contribution in [3.8, 4) is 11.4 Å². The van der Waals surface area contributed by atoms with Crippen molar-refractivity contribution >= 4 is 40.2 Å². The molecule has 21 heavy (non-hydrogen) atoms. The van der Waals surface area contributed by atoms with Crippen LogP contribution >= 0.6 is 23.2 Å². The second-order valence-electron chi connectivity index (χ2n) is 4.60. The molecule has 0 radical (unpaired) electrons. The van der Waals surface area contributed by atoms with Crippen LogP contribution < -0.4 is 0 Å². The van der Waals surface area contributed by atoms with Crippen LogP contribution in [0.3, 0.4) is 0 Å². The molecule has 1 heterocycles. The number of aryl methyl sites for hydroxylation is 1. The minimum atomic E-state index is -0.986. The first-order chi connectivity index (χ1) is 9.99. The Morgan fingerprint density at radius 2 is 1.86 bits per heavy atom. The van der Waals surface area contributed by atoms with E-state index in [9.17, 15) is 4.79 Å². The van der Waals surface area contributed by atoms with Gasteiger partial charge in [0.05, 0.1) is 32.2 Å². The van der Waals surface area contributed by atoms with Crippen LogP contribution in [-0.4, -0.2) is 20.6 Å². The van der Waals surface area contributed by atoms with Crippen LogP contribution in [0.15, 0.2) is 36.4 Å². The minimum absolute atomic E-state index is 0.192. The number of nitrogens with zero attached hydrogens (tertiary/aromatic N) is 2. The fourth-order valence-corrected chi connectivity index (χ4v) is 2.83. The summed E-state index contributed by atoms with van der Waals surface area (Å²) in [5, 5.41) is 10.0. The molecule has 0 bridgehead atoms. The number of halogens is 2. The molecule has 6 heteroatoms. The number of aromatic nitrogens is 2. The van der Waals surface area contributed by atoms with Gasteiger partial charge in [0.25, 0.3) is 0 Å². The predicted molar refractivity (Wildman–Crippen MR) is 83.1 cm³/mol. The molecule has 0 spiro atoms. The molecule has 0 fully saturated rings. The van der Waals surface area contributed by atoms with Gasteiger partial charge in [-0.2, -0.15) is 0 Å². The van der Waals surface area contributed by atoms with Crippen molar-refractivity contribution in [2.75, 3.05) is 0 Å². The highest BCUT2D eigenvalue weighted by molar-refractivity contribution is 6.39. The lowest BCUT2D eigenvalue weighted by atomic mass is 10.2. The van der Waals surface area contributed by atoms with Crippen molar-refractivity contribution in [1.29, 1.82) is 0 Å². The molecule has 0 saturated carbocycles. The summed E-state index contributed by atoms with van der Waals surface area (Å²) in [7, 11) is 1.84. The van der Waals surface area contributed by atoms with E-state index >= 15 is 0 Å². The molecule has 0 atom stereocenters. The number of aromatic carboxylic acids is 1. The zero-order valence-corrected chi connectivity index (χ0v) is 12.5. The Balaban J connectivity index is 2.29. The van der Waals surface area contributed by atoms with E-state index in [0.717, 1.165) is 5.52 Å². The highest BCUT2D eigenvalue weighted by Crippen LogP contribution is 2.35. The van der Waals surface area contributed by atoms with Crippen LogP contribution in [-0.2, 0) is 7.05 Å². The average Bonchev–Trinajstić information content (AvgIpc) is 2.75. The van der Waals surface area contributed by atoms with Gasteiger partial charge in [-0.25, -0.2) is 9.78 Å². The van der Waals surface area contributed by atoms with Gasteiger partial charge in [-0.05, 0) is 30.3 Å². The normalized spacial score (nSPS) is 11.0. The molecule has 0 aliphatic heterocycles. The number of hydrogen-bond donors (Lipinski definition) is 1. The topological polar surface area (TPSA) is 55.1 Å². The van der Waals surface area contributed by atoms with E-state index in [1.54, 1.807) is 30.3 Å². The van der Waals surface area contributed by atoms with E-state index in [1.165, 1.54) is 6.07 Å². The van der Waals surface area contributed by atoms with E-state index in [0.29, 0.717) is 26.9 Å². The molecular formula is C15H10Cl2N2O2. The smallest absolute Gasteiger partial charge is 0.335 e. The Hall–Kier alpha value is -2.04. The van der Waals surface area contributed by atoms with Crippen LogP contribution in [0.25, 0.3) is 22.4 Å². The Labute approximate surface area is 130 Å². The number of rotatable bonds is 2. The van der Waals surface area contributed by atoms with Crippen molar-refractivity contribution in [1.82, 2.24) is 9.55 Å². The van der Waals surface area contributed by atoms with Gasteiger partial charge in [0.1, 0.15) is 5.82 Å². The van der Waals surface area contributed by atoms with Crippen molar-refractivity contribution in [3.63, 3.8) is 0 Å². The molecule has 4 nitrogen and oxygen atoms in total. The zero-order chi connectivity index (χ0) is 15.1. The Bertz CT molecular complexity index is 851. The Morgan fingerprint density at radius 1 is 1.19 bits per heavy atom. The molecular weight excluding hydrogens is 311 g/mol. The SMILES string of the molecule is Cn1c(-c2c(Cl)cccc2Cl)nc2cc(C(=O)O)ccc21. The van der Waals surface area contributed by atoms with Gasteiger partial charge < -0.3 is 9.67 Å². The standard InChI is InChI=1S/C15H10Cl2N2O2/c1-19-12-6-5-8(15(20)21)7-11(12)18-14(19)13-9(16)3-2-4-10(13)17/h2-7H,1H3,(H,20,21). The average molecular weight is 321 g/mol. The summed E-state index contributed by atoms with van der Waals surface area (Å²) in [5.41, 5.74) is 2.23. The molecule has 1 N–H and O–H groups in total. The lowest BCUT2D eigenvalue weighted by Gasteiger charge is -2.06. The van der Waals surface area contributed by atoms with Crippen LogP contribution in [0, 0.1) is 0 Å². The van der Waals surface area contributed by atoms with E-state index in [-0.39, 0.29) is 5.56 Å². The van der Waals surface area contributed by atoms with Crippen molar-refractivity contribution < 1.29 is 9.90 Å². The quantitative estimate of drug-likeness (QED) is 0.768. The first-order valence-corrected chi connectivity index (χ1v) is 6.89. The highest BCUT2D eigenvalue weighted by atomic mass is 35.5. The highest BCUT2D eigenvalue weighted by Gasteiger charge is 2.16. The number of fused-ring (bicyclic) bond motifs is 1.